The van der Waals surface area contributed by atoms with E-state index in [0.29, 0.717) is 0 Å². The van der Waals surface area contributed by atoms with E-state index < -0.39 is 0 Å². The minimum atomic E-state index is -0.0972. The Kier molecular flexibility index (Phi) is 1.67. The minimum absolute atomic E-state index is 0.0856. The van der Waals surface area contributed by atoms with Crippen LogP contribution in [-0.2, 0) is 0 Å². The fourth-order valence-electron chi connectivity index (χ4n) is 0.623. The molecule has 0 saturated carbocycles. The van der Waals surface area contributed by atoms with Crippen molar-refractivity contribution >= 4 is 5.91 Å². The van der Waals surface area contributed by atoms with Crippen LogP contribution in [0.3, 0.4) is 0 Å². The van der Waals surface area contributed by atoms with Crippen molar-refractivity contribution in [3.05, 3.63) is 34.7 Å². The van der Waals surface area contributed by atoms with Gasteiger partial charge in [0.2, 0.25) is 5.91 Å². The molecule has 1 aromatic rings. The van der Waals surface area contributed by atoms with Crippen LogP contribution in [-0.4, -0.2) is 10.5 Å². The van der Waals surface area contributed by atoms with Crippen molar-refractivity contribution in [3.63, 3.8) is 0 Å². The van der Waals surface area contributed by atoms with Crippen LogP contribution in [0, 0.1) is 0 Å². The summed E-state index contributed by atoms with van der Waals surface area (Å²) in [7, 11) is 0. The van der Waals surface area contributed by atoms with E-state index in [1.165, 1.54) is 36.0 Å². The van der Waals surface area contributed by atoms with E-state index >= 15 is 0 Å². The molecule has 0 aliphatic heterocycles. The van der Waals surface area contributed by atoms with Crippen LogP contribution in [0.25, 0.3) is 0 Å². The quantitative estimate of drug-likeness (QED) is 0.522. The van der Waals surface area contributed by atoms with Crippen LogP contribution in [0.4, 0.5) is 0 Å². The summed E-state index contributed by atoms with van der Waals surface area (Å²) < 4.78 is 1.35. The minimum Gasteiger partial charge on any atom is -0.295 e. The van der Waals surface area contributed by atoms with Gasteiger partial charge in [0.15, 0.2) is 5.43 Å². The molecule has 52 valence electrons. The Balaban J connectivity index is 3.12. The molecule has 0 atom stereocenters. The van der Waals surface area contributed by atoms with Gasteiger partial charge in [0, 0.05) is 31.5 Å². The highest BCUT2D eigenvalue weighted by Gasteiger charge is 1.90. The average Bonchev–Trinajstić information content (AvgIpc) is 1.88. The maximum Gasteiger partial charge on any atom is 0.227 e. The molecule has 0 aromatic carbocycles. The Labute approximate surface area is 57.9 Å². The van der Waals surface area contributed by atoms with Gasteiger partial charge in [-0.2, -0.15) is 0 Å². The Morgan fingerprint density at radius 3 is 2.30 bits per heavy atom. The first-order valence-electron chi connectivity index (χ1n) is 2.89. The zero-order valence-electron chi connectivity index (χ0n) is 5.57. The summed E-state index contributed by atoms with van der Waals surface area (Å²) in [5.74, 6) is -0.0972. The lowest BCUT2D eigenvalue weighted by molar-refractivity contribution is 0.0935. The van der Waals surface area contributed by atoms with Gasteiger partial charge >= 0.3 is 0 Å². The molecule has 0 radical (unpaired) electrons. The molecule has 0 aliphatic rings. The van der Waals surface area contributed by atoms with Crippen molar-refractivity contribution in [2.24, 2.45) is 0 Å². The zero-order chi connectivity index (χ0) is 7.56. The van der Waals surface area contributed by atoms with Crippen molar-refractivity contribution < 1.29 is 4.79 Å². The number of carbonyl (C=O) groups excluding carboxylic acids is 1. The normalized spacial score (nSPS) is 9.30. The smallest absolute Gasteiger partial charge is 0.227 e. The molecule has 0 unspecified atom stereocenters. The van der Waals surface area contributed by atoms with Gasteiger partial charge in [-0.15, -0.1) is 0 Å². The second kappa shape index (κ2) is 2.47. The molecule has 10 heavy (non-hydrogen) atoms. The van der Waals surface area contributed by atoms with Crippen molar-refractivity contribution in [2.75, 3.05) is 0 Å². The summed E-state index contributed by atoms with van der Waals surface area (Å²) in [6.07, 6.45) is 2.90. The van der Waals surface area contributed by atoms with Gasteiger partial charge in [-0.1, -0.05) is 0 Å². The largest absolute Gasteiger partial charge is 0.295 e. The zero-order valence-corrected chi connectivity index (χ0v) is 5.57. The lowest BCUT2D eigenvalue weighted by atomic mass is 10.4. The fourth-order valence-corrected chi connectivity index (χ4v) is 0.623. The first kappa shape index (κ1) is 6.74. The Morgan fingerprint density at radius 1 is 1.40 bits per heavy atom. The number of rotatable bonds is 0. The first-order valence-corrected chi connectivity index (χ1v) is 2.89. The van der Waals surface area contributed by atoms with E-state index in [1.54, 1.807) is 0 Å². The van der Waals surface area contributed by atoms with Crippen molar-refractivity contribution in [3.8, 4) is 0 Å². The van der Waals surface area contributed by atoms with Gasteiger partial charge in [0.25, 0.3) is 0 Å². The summed E-state index contributed by atoms with van der Waals surface area (Å²) in [6, 6.07) is 2.70. The van der Waals surface area contributed by atoms with E-state index in [-0.39, 0.29) is 11.3 Å². The number of nitrogens with zero attached hydrogens (tertiary/aromatic N) is 1. The third-order valence-corrected chi connectivity index (χ3v) is 1.16. The van der Waals surface area contributed by atoms with Gasteiger partial charge in [0.05, 0.1) is 0 Å². The highest BCUT2D eigenvalue weighted by molar-refractivity contribution is 5.75. The molecule has 1 aromatic heterocycles. The SMILES string of the molecule is CC(=O)n1ccc(=O)cc1. The molecular weight excluding hydrogens is 130 g/mol. The maximum atomic E-state index is 10.6. The lowest BCUT2D eigenvalue weighted by Crippen LogP contribution is -2.08. The van der Waals surface area contributed by atoms with Gasteiger partial charge in [-0.05, 0) is 0 Å². The molecule has 1 heterocycles. The predicted molar refractivity (Wildman–Crippen MR) is 37.0 cm³/mol. The number of pyridine rings is 1. The summed E-state index contributed by atoms with van der Waals surface area (Å²) in [5, 5.41) is 0. The third-order valence-electron chi connectivity index (χ3n) is 1.16. The van der Waals surface area contributed by atoms with Crippen LogP contribution in [0.15, 0.2) is 29.3 Å². The standard InChI is InChI=1S/C7H7NO2/c1-6(9)8-4-2-7(10)3-5-8/h2-5H,1H3. The lowest BCUT2D eigenvalue weighted by Gasteiger charge is -1.95. The van der Waals surface area contributed by atoms with Crippen molar-refractivity contribution in [2.45, 2.75) is 6.92 Å². The number of aromatic nitrogens is 1. The van der Waals surface area contributed by atoms with Crippen LogP contribution >= 0.6 is 0 Å². The average molecular weight is 137 g/mol. The van der Waals surface area contributed by atoms with Gasteiger partial charge in [-0.3, -0.25) is 14.2 Å². The molecule has 0 fully saturated rings. The maximum absolute atomic E-state index is 10.6. The van der Waals surface area contributed by atoms with Gasteiger partial charge in [0.1, 0.15) is 0 Å². The van der Waals surface area contributed by atoms with E-state index in [1.807, 2.05) is 0 Å². The van der Waals surface area contributed by atoms with Crippen molar-refractivity contribution in [1.82, 2.24) is 4.57 Å². The molecule has 0 bridgehead atoms. The molecule has 0 aliphatic carbocycles. The Hall–Kier alpha value is -1.38. The number of hydrogen-bond donors (Lipinski definition) is 0. The highest BCUT2D eigenvalue weighted by atomic mass is 16.1. The van der Waals surface area contributed by atoms with Gasteiger partial charge in [-0.25, -0.2) is 0 Å². The monoisotopic (exact) mass is 137 g/mol. The molecule has 0 amide bonds. The topological polar surface area (TPSA) is 39.1 Å². The third kappa shape index (κ3) is 1.31. The van der Waals surface area contributed by atoms with E-state index in [9.17, 15) is 9.59 Å². The molecule has 0 N–H and O–H groups in total. The highest BCUT2D eigenvalue weighted by Crippen LogP contribution is 1.81. The Morgan fingerprint density at radius 2 is 1.90 bits per heavy atom. The molecule has 0 saturated heterocycles. The summed E-state index contributed by atoms with van der Waals surface area (Å²) in [5.41, 5.74) is -0.0856. The van der Waals surface area contributed by atoms with Crippen LogP contribution in [0.5, 0.6) is 0 Å². The van der Waals surface area contributed by atoms with Crippen LogP contribution < -0.4 is 5.43 Å². The van der Waals surface area contributed by atoms with E-state index in [0.717, 1.165) is 0 Å². The number of carbonyl (C=O) groups is 1. The number of hydrogen-bond acceptors (Lipinski definition) is 2. The summed E-state index contributed by atoms with van der Waals surface area (Å²) in [6.45, 7) is 1.43. The van der Waals surface area contributed by atoms with E-state index in [2.05, 4.69) is 0 Å². The Bertz CT molecular complexity index is 280. The van der Waals surface area contributed by atoms with Crippen LogP contribution in [0.2, 0.25) is 0 Å². The summed E-state index contributed by atoms with van der Waals surface area (Å²) >= 11 is 0. The molecule has 3 heteroatoms. The molecule has 0 spiro atoms. The molecule has 3 nitrogen and oxygen atoms in total. The van der Waals surface area contributed by atoms with Crippen molar-refractivity contribution in [1.29, 1.82) is 0 Å². The summed E-state index contributed by atoms with van der Waals surface area (Å²) in [4.78, 5) is 21.1. The fraction of sp³-hybridized carbons (Fsp3) is 0.143. The van der Waals surface area contributed by atoms with E-state index in [4.69, 9.17) is 0 Å². The second-order valence-corrected chi connectivity index (χ2v) is 1.96. The first-order chi connectivity index (χ1) is 4.70. The molecule has 1 rings (SSSR count). The van der Waals surface area contributed by atoms with Gasteiger partial charge < -0.3 is 0 Å². The second-order valence-electron chi connectivity index (χ2n) is 1.96. The predicted octanol–water partition coefficient (Wildman–Crippen LogP) is 0.508. The van der Waals surface area contributed by atoms with Crippen LogP contribution in [0.1, 0.15) is 11.7 Å². The molecular formula is C7H7NO2.